The zero-order valence-electron chi connectivity index (χ0n) is 44.9. The molecule has 1 unspecified atom stereocenters. The fraction of sp³-hybridized carbons (Fsp3) is 0.758. The normalized spacial score (nSPS) is 12.6. The highest BCUT2D eigenvalue weighted by Gasteiger charge is 2.19. The Morgan fingerprint density at radius 3 is 1.06 bits per heavy atom. The van der Waals surface area contributed by atoms with Gasteiger partial charge in [0.1, 0.15) is 13.2 Å². The van der Waals surface area contributed by atoms with E-state index in [1.807, 2.05) is 0 Å². The number of allylic oxidation sites excluding steroid dienone is 12. The first-order valence-corrected chi connectivity index (χ1v) is 29.0. The van der Waals surface area contributed by atoms with E-state index in [2.05, 4.69) is 93.7 Å². The third kappa shape index (κ3) is 53.8. The molecule has 0 fully saturated rings. The molecular weight excluding hydrogens is 841 g/mol. The summed E-state index contributed by atoms with van der Waals surface area (Å²) in [5.41, 5.74) is 0. The van der Waals surface area contributed by atoms with Crippen molar-refractivity contribution in [1.29, 1.82) is 0 Å². The molecule has 68 heavy (non-hydrogen) atoms. The largest absolute Gasteiger partial charge is 0.462 e. The summed E-state index contributed by atoms with van der Waals surface area (Å²) in [6.07, 6.45) is 71.8. The maximum Gasteiger partial charge on any atom is 0.306 e. The molecule has 0 bridgehead atoms. The molecule has 0 rings (SSSR count). The summed E-state index contributed by atoms with van der Waals surface area (Å²) in [5, 5.41) is 0. The van der Waals surface area contributed by atoms with Crippen LogP contribution in [0, 0.1) is 0 Å². The van der Waals surface area contributed by atoms with Crippen molar-refractivity contribution >= 4 is 17.9 Å². The summed E-state index contributed by atoms with van der Waals surface area (Å²) >= 11 is 0. The average Bonchev–Trinajstić information content (AvgIpc) is 3.34. The highest BCUT2D eigenvalue weighted by atomic mass is 16.6. The van der Waals surface area contributed by atoms with Gasteiger partial charge < -0.3 is 14.2 Å². The molecule has 0 aromatic rings. The van der Waals surface area contributed by atoms with Crippen LogP contribution in [0.1, 0.15) is 284 Å². The molecule has 0 aliphatic carbocycles. The zero-order chi connectivity index (χ0) is 49.3. The molecule has 0 spiro atoms. The molecule has 0 aliphatic rings. The Morgan fingerprint density at radius 2 is 0.647 bits per heavy atom. The van der Waals surface area contributed by atoms with E-state index < -0.39 is 6.10 Å². The van der Waals surface area contributed by atoms with Crippen LogP contribution in [-0.4, -0.2) is 37.2 Å². The topological polar surface area (TPSA) is 78.9 Å². The van der Waals surface area contributed by atoms with Crippen molar-refractivity contribution in [2.45, 2.75) is 290 Å². The summed E-state index contributed by atoms with van der Waals surface area (Å²) in [7, 11) is 0. The molecule has 6 nitrogen and oxygen atoms in total. The Hall–Kier alpha value is -3.15. The molecule has 0 N–H and O–H groups in total. The summed E-state index contributed by atoms with van der Waals surface area (Å²) in [6.45, 7) is 6.41. The molecule has 0 saturated carbocycles. The van der Waals surface area contributed by atoms with Crippen LogP contribution < -0.4 is 0 Å². The first-order chi connectivity index (χ1) is 33.5. The molecule has 0 heterocycles. The average molecular weight is 950 g/mol. The SMILES string of the molecule is CC\C=C/C=C\C=C/CCCCCCCCCC(=O)OCC(COC(=O)CCCCCCCCCCCCCCCCCCCCC)OC(=O)CCCCCCCC/C=C\C/C=C\C/C=C\CC. The van der Waals surface area contributed by atoms with Gasteiger partial charge in [0.2, 0.25) is 0 Å². The third-order valence-electron chi connectivity index (χ3n) is 12.5. The van der Waals surface area contributed by atoms with Gasteiger partial charge in [0.05, 0.1) is 0 Å². The Bertz CT molecular complexity index is 1270. The number of unbranched alkanes of at least 4 members (excludes halogenated alkanes) is 31. The Balaban J connectivity index is 4.37. The molecule has 0 aromatic heterocycles. The molecule has 6 heteroatoms. The van der Waals surface area contributed by atoms with Crippen molar-refractivity contribution < 1.29 is 28.6 Å². The molecule has 0 aliphatic heterocycles. The van der Waals surface area contributed by atoms with Crippen molar-refractivity contribution in [2.75, 3.05) is 13.2 Å². The minimum Gasteiger partial charge on any atom is -0.462 e. The van der Waals surface area contributed by atoms with Crippen molar-refractivity contribution in [3.8, 4) is 0 Å². The maximum atomic E-state index is 12.9. The van der Waals surface area contributed by atoms with Gasteiger partial charge in [0.25, 0.3) is 0 Å². The first-order valence-electron chi connectivity index (χ1n) is 29.0. The Labute approximate surface area is 421 Å². The van der Waals surface area contributed by atoms with Crippen molar-refractivity contribution in [3.63, 3.8) is 0 Å². The van der Waals surface area contributed by atoms with Crippen LogP contribution in [0.2, 0.25) is 0 Å². The summed E-state index contributed by atoms with van der Waals surface area (Å²) in [5.74, 6) is -0.898. The monoisotopic (exact) mass is 949 g/mol. The van der Waals surface area contributed by atoms with Gasteiger partial charge in [-0.05, 0) is 70.6 Å². The Morgan fingerprint density at radius 1 is 0.324 bits per heavy atom. The van der Waals surface area contributed by atoms with Gasteiger partial charge in [-0.3, -0.25) is 14.4 Å². The van der Waals surface area contributed by atoms with E-state index in [1.165, 1.54) is 141 Å². The van der Waals surface area contributed by atoms with E-state index >= 15 is 0 Å². The number of hydrogen-bond acceptors (Lipinski definition) is 6. The van der Waals surface area contributed by atoms with Gasteiger partial charge in [-0.15, -0.1) is 0 Å². The fourth-order valence-electron chi connectivity index (χ4n) is 8.22. The van der Waals surface area contributed by atoms with Gasteiger partial charge in [0, 0.05) is 19.3 Å². The van der Waals surface area contributed by atoms with Crippen LogP contribution in [0.25, 0.3) is 0 Å². The van der Waals surface area contributed by atoms with Gasteiger partial charge in [-0.25, -0.2) is 0 Å². The zero-order valence-corrected chi connectivity index (χ0v) is 44.9. The lowest BCUT2D eigenvalue weighted by Crippen LogP contribution is -2.30. The molecule has 1 atom stereocenters. The van der Waals surface area contributed by atoms with Crippen LogP contribution in [0.4, 0.5) is 0 Å². The van der Waals surface area contributed by atoms with E-state index in [4.69, 9.17) is 14.2 Å². The minimum absolute atomic E-state index is 0.0825. The number of carbonyl (C=O) groups excluding carboxylic acids is 3. The van der Waals surface area contributed by atoms with Crippen molar-refractivity contribution in [1.82, 2.24) is 0 Å². The van der Waals surface area contributed by atoms with E-state index in [1.54, 1.807) is 0 Å². The summed E-state index contributed by atoms with van der Waals surface area (Å²) in [6, 6.07) is 0. The maximum absolute atomic E-state index is 12.9. The predicted octanol–water partition coefficient (Wildman–Crippen LogP) is 19.4. The smallest absolute Gasteiger partial charge is 0.306 e. The first kappa shape index (κ1) is 64.8. The number of rotatable bonds is 52. The molecule has 0 radical (unpaired) electrons. The number of hydrogen-bond donors (Lipinski definition) is 0. The van der Waals surface area contributed by atoms with E-state index in [0.717, 1.165) is 103 Å². The van der Waals surface area contributed by atoms with Crippen LogP contribution in [-0.2, 0) is 28.6 Å². The molecule has 0 saturated heterocycles. The van der Waals surface area contributed by atoms with Crippen molar-refractivity contribution in [3.05, 3.63) is 72.9 Å². The summed E-state index contributed by atoms with van der Waals surface area (Å²) in [4.78, 5) is 38.2. The molecule has 0 amide bonds. The quantitative estimate of drug-likeness (QED) is 0.0199. The van der Waals surface area contributed by atoms with Crippen LogP contribution in [0.3, 0.4) is 0 Å². The second-order valence-corrected chi connectivity index (χ2v) is 19.2. The minimum atomic E-state index is -0.786. The van der Waals surface area contributed by atoms with Gasteiger partial charge >= 0.3 is 17.9 Å². The van der Waals surface area contributed by atoms with E-state index in [-0.39, 0.29) is 31.1 Å². The second-order valence-electron chi connectivity index (χ2n) is 19.2. The van der Waals surface area contributed by atoms with Crippen LogP contribution in [0.5, 0.6) is 0 Å². The molecule has 0 aromatic carbocycles. The predicted molar refractivity (Wildman–Crippen MR) is 293 cm³/mol. The van der Waals surface area contributed by atoms with E-state index in [0.29, 0.717) is 19.3 Å². The molecular formula is C62H108O6. The number of ether oxygens (including phenoxy) is 3. The lowest BCUT2D eigenvalue weighted by molar-refractivity contribution is -0.167. The summed E-state index contributed by atoms with van der Waals surface area (Å²) < 4.78 is 16.9. The number of carbonyl (C=O) groups is 3. The van der Waals surface area contributed by atoms with Crippen LogP contribution in [0.15, 0.2) is 72.9 Å². The van der Waals surface area contributed by atoms with Crippen LogP contribution >= 0.6 is 0 Å². The van der Waals surface area contributed by atoms with Crippen molar-refractivity contribution in [2.24, 2.45) is 0 Å². The fourth-order valence-corrected chi connectivity index (χ4v) is 8.22. The second kappa shape index (κ2) is 56.4. The highest BCUT2D eigenvalue weighted by Crippen LogP contribution is 2.16. The highest BCUT2D eigenvalue weighted by molar-refractivity contribution is 5.71. The third-order valence-corrected chi connectivity index (χ3v) is 12.5. The van der Waals surface area contributed by atoms with E-state index in [9.17, 15) is 14.4 Å². The van der Waals surface area contributed by atoms with Gasteiger partial charge in [0.15, 0.2) is 6.10 Å². The number of esters is 3. The van der Waals surface area contributed by atoms with Gasteiger partial charge in [-0.1, -0.05) is 267 Å². The van der Waals surface area contributed by atoms with Gasteiger partial charge in [-0.2, -0.15) is 0 Å². The standard InChI is InChI=1S/C62H108O6/c1-4-7-10-13-16-19-22-25-28-30-31-32-35-37-40-43-46-49-52-55-61(64)67-58-59(57-66-60(63)54-51-48-45-42-39-36-33-27-24-21-18-15-12-9-6-3)68-62(65)56-53-50-47-44-41-38-34-29-26-23-20-17-14-11-8-5-2/h8-9,11-12,15,17-18,20-21,24,26,29,59H,4-7,10,13-14,16,19,22-23,25,27-28,30-58H2,1-3H3/b11-8-,12-9-,18-15-,20-17-,24-21-,29-26-. The lowest BCUT2D eigenvalue weighted by atomic mass is 10.0. The molecule has 392 valence electrons. The Kier molecular flexibility index (Phi) is 53.8. The lowest BCUT2D eigenvalue weighted by Gasteiger charge is -2.18.